The number of nitrogens with zero attached hydrogens (tertiary/aromatic N) is 1. The first-order valence-electron chi connectivity index (χ1n) is 5.69. The van der Waals surface area contributed by atoms with Gasteiger partial charge in [0.15, 0.2) is 9.84 Å². The molecular weight excluding hydrogens is 268 g/mol. The van der Waals surface area contributed by atoms with Crippen LogP contribution in [0.2, 0.25) is 0 Å². The van der Waals surface area contributed by atoms with Crippen LogP contribution in [-0.4, -0.2) is 31.5 Å². The summed E-state index contributed by atoms with van der Waals surface area (Å²) in [4.78, 5) is 14.7. The van der Waals surface area contributed by atoms with Crippen LogP contribution in [0.3, 0.4) is 0 Å². The number of carbonyl (C=O) groups is 1. The molecular formula is C12H13N2O4S-. The number of nitrogens with two attached hydrogens (primary N) is 1. The second-order valence-corrected chi connectivity index (χ2v) is 6.48. The maximum atomic E-state index is 12.0. The molecule has 0 unspecified atom stereocenters. The number of hydrogen-bond acceptors (Lipinski definition) is 5. The second kappa shape index (κ2) is 4.65. The van der Waals surface area contributed by atoms with Gasteiger partial charge in [-0.25, -0.2) is 8.42 Å². The predicted molar refractivity (Wildman–Crippen MR) is 67.1 cm³/mol. The van der Waals surface area contributed by atoms with Crippen molar-refractivity contribution in [3.8, 4) is 0 Å². The van der Waals surface area contributed by atoms with Gasteiger partial charge in [0, 0.05) is 0 Å². The first kappa shape index (κ1) is 13.5. The molecule has 0 saturated heterocycles. The zero-order valence-corrected chi connectivity index (χ0v) is 10.9. The molecule has 0 amide bonds. The Morgan fingerprint density at radius 2 is 1.89 bits per heavy atom. The molecule has 19 heavy (non-hydrogen) atoms. The highest BCUT2D eigenvalue weighted by molar-refractivity contribution is 7.92. The Kier molecular flexibility index (Phi) is 3.32. The molecule has 0 aliphatic heterocycles. The van der Waals surface area contributed by atoms with Crippen molar-refractivity contribution in [1.29, 1.82) is 0 Å². The molecule has 2 rings (SSSR count). The number of aliphatic imine (C=N–C) groups is 1. The predicted octanol–water partition coefficient (Wildman–Crippen LogP) is -0.900. The van der Waals surface area contributed by atoms with Gasteiger partial charge in [-0.05, 0) is 25.0 Å². The number of carbonyl (C=O) groups excluding carboxylic acids is 1. The summed E-state index contributed by atoms with van der Waals surface area (Å²) in [7, 11) is -3.60. The largest absolute Gasteiger partial charge is 0.547 e. The lowest BCUT2D eigenvalue weighted by Crippen LogP contribution is -2.38. The van der Waals surface area contributed by atoms with Crippen LogP contribution in [0.5, 0.6) is 0 Å². The molecule has 1 aliphatic carbocycles. The van der Waals surface area contributed by atoms with Crippen molar-refractivity contribution < 1.29 is 18.3 Å². The van der Waals surface area contributed by atoms with E-state index in [1.54, 1.807) is 18.2 Å². The van der Waals surface area contributed by atoms with Crippen molar-refractivity contribution in [3.63, 3.8) is 0 Å². The van der Waals surface area contributed by atoms with Crippen molar-refractivity contribution in [2.45, 2.75) is 23.3 Å². The summed E-state index contributed by atoms with van der Waals surface area (Å²) in [5.74, 6) is -2.01. The van der Waals surface area contributed by atoms with E-state index in [2.05, 4.69) is 4.99 Å². The van der Waals surface area contributed by atoms with E-state index in [1.807, 2.05) is 0 Å². The van der Waals surface area contributed by atoms with E-state index in [0.717, 1.165) is 0 Å². The van der Waals surface area contributed by atoms with Gasteiger partial charge < -0.3 is 15.6 Å². The van der Waals surface area contributed by atoms with Crippen molar-refractivity contribution in [2.75, 3.05) is 5.75 Å². The summed E-state index contributed by atoms with van der Waals surface area (Å²) in [5, 5.41) is 10.8. The minimum Gasteiger partial charge on any atom is -0.547 e. The highest BCUT2D eigenvalue weighted by Crippen LogP contribution is 2.39. The SMILES string of the molecule is NC(CS(=O)(=O)c1ccccc1)=NC1(C(=O)[O-])CC1. The fourth-order valence-electron chi connectivity index (χ4n) is 1.69. The molecule has 102 valence electrons. The number of amidine groups is 1. The van der Waals surface area contributed by atoms with Crippen molar-refractivity contribution in [3.05, 3.63) is 30.3 Å². The fourth-order valence-corrected chi connectivity index (χ4v) is 2.89. The van der Waals surface area contributed by atoms with Crippen LogP contribution in [-0.2, 0) is 14.6 Å². The number of carboxylic acid groups (broad SMARTS) is 1. The van der Waals surface area contributed by atoms with Gasteiger partial charge in [0.05, 0.1) is 10.9 Å². The molecule has 1 saturated carbocycles. The summed E-state index contributed by atoms with van der Waals surface area (Å²) in [6.45, 7) is 0. The zero-order chi connectivity index (χ0) is 14.1. The summed E-state index contributed by atoms with van der Waals surface area (Å²) < 4.78 is 24.0. The van der Waals surface area contributed by atoms with E-state index in [1.165, 1.54) is 12.1 Å². The van der Waals surface area contributed by atoms with Gasteiger partial charge in [-0.15, -0.1) is 0 Å². The molecule has 2 N–H and O–H groups in total. The lowest BCUT2D eigenvalue weighted by Gasteiger charge is -2.12. The number of aliphatic carboxylic acids is 1. The maximum Gasteiger partial charge on any atom is 0.185 e. The van der Waals surface area contributed by atoms with E-state index in [-0.39, 0.29) is 10.7 Å². The van der Waals surface area contributed by atoms with E-state index in [9.17, 15) is 18.3 Å². The van der Waals surface area contributed by atoms with Crippen molar-refractivity contribution in [2.24, 2.45) is 10.7 Å². The molecule has 0 spiro atoms. The maximum absolute atomic E-state index is 12.0. The third kappa shape index (κ3) is 2.93. The Labute approximate surface area is 110 Å². The van der Waals surface area contributed by atoms with Gasteiger partial charge in [0.1, 0.15) is 17.1 Å². The Morgan fingerprint density at radius 3 is 2.37 bits per heavy atom. The van der Waals surface area contributed by atoms with Crippen LogP contribution >= 0.6 is 0 Å². The average Bonchev–Trinajstić information content (AvgIpc) is 3.10. The topological polar surface area (TPSA) is 113 Å². The molecule has 0 atom stereocenters. The van der Waals surface area contributed by atoms with Crippen LogP contribution in [0.1, 0.15) is 12.8 Å². The molecule has 0 heterocycles. The highest BCUT2D eigenvalue weighted by Gasteiger charge is 2.44. The molecule has 0 bridgehead atoms. The Morgan fingerprint density at radius 1 is 1.32 bits per heavy atom. The van der Waals surface area contributed by atoms with Crippen LogP contribution in [0, 0.1) is 0 Å². The van der Waals surface area contributed by atoms with Gasteiger partial charge in [-0.2, -0.15) is 0 Å². The number of carboxylic acids is 1. The molecule has 0 radical (unpaired) electrons. The van der Waals surface area contributed by atoms with Crippen LogP contribution in [0.25, 0.3) is 0 Å². The van der Waals surface area contributed by atoms with Gasteiger partial charge in [0.25, 0.3) is 0 Å². The Bertz CT molecular complexity index is 618. The minimum absolute atomic E-state index is 0.131. The fraction of sp³-hybridized carbons (Fsp3) is 0.333. The van der Waals surface area contributed by atoms with E-state index in [0.29, 0.717) is 12.8 Å². The van der Waals surface area contributed by atoms with Crippen molar-refractivity contribution in [1.82, 2.24) is 0 Å². The van der Waals surface area contributed by atoms with E-state index < -0.39 is 27.1 Å². The first-order valence-corrected chi connectivity index (χ1v) is 7.34. The van der Waals surface area contributed by atoms with Crippen LogP contribution in [0.4, 0.5) is 0 Å². The lowest BCUT2D eigenvalue weighted by atomic mass is 10.3. The smallest absolute Gasteiger partial charge is 0.185 e. The standard InChI is InChI=1S/C12H14N2O4S/c13-10(14-12(6-7-12)11(15)16)8-19(17,18)9-4-2-1-3-5-9/h1-5H,6-8H2,(H2,13,14)(H,15,16)/p-1. The van der Waals surface area contributed by atoms with Crippen LogP contribution < -0.4 is 10.8 Å². The quantitative estimate of drug-likeness (QED) is 0.555. The number of benzene rings is 1. The van der Waals surface area contributed by atoms with Crippen LogP contribution in [0.15, 0.2) is 40.2 Å². The molecule has 0 aromatic heterocycles. The average molecular weight is 281 g/mol. The number of hydrogen-bond donors (Lipinski definition) is 1. The lowest BCUT2D eigenvalue weighted by molar-refractivity contribution is -0.308. The molecule has 1 fully saturated rings. The summed E-state index contributed by atoms with van der Waals surface area (Å²) in [6.07, 6.45) is 0.669. The van der Waals surface area contributed by atoms with Gasteiger partial charge in [-0.1, -0.05) is 18.2 Å². The summed E-state index contributed by atoms with van der Waals surface area (Å²) >= 11 is 0. The highest BCUT2D eigenvalue weighted by atomic mass is 32.2. The van der Waals surface area contributed by atoms with E-state index in [4.69, 9.17) is 5.73 Å². The summed E-state index contributed by atoms with van der Waals surface area (Å²) in [5.41, 5.74) is 4.23. The Hall–Kier alpha value is -1.89. The van der Waals surface area contributed by atoms with Gasteiger partial charge in [0.2, 0.25) is 0 Å². The van der Waals surface area contributed by atoms with Gasteiger partial charge >= 0.3 is 0 Å². The Balaban J connectivity index is 2.18. The monoisotopic (exact) mass is 281 g/mol. The van der Waals surface area contributed by atoms with Gasteiger partial charge in [-0.3, -0.25) is 4.99 Å². The third-order valence-corrected chi connectivity index (χ3v) is 4.57. The zero-order valence-electron chi connectivity index (χ0n) is 10.1. The normalized spacial score (nSPS) is 18.0. The molecule has 1 aromatic carbocycles. The van der Waals surface area contributed by atoms with E-state index >= 15 is 0 Å². The molecule has 1 aromatic rings. The molecule has 6 nitrogen and oxygen atoms in total. The molecule has 7 heteroatoms. The summed E-state index contributed by atoms with van der Waals surface area (Å²) in [6, 6.07) is 7.81. The van der Waals surface area contributed by atoms with Crippen molar-refractivity contribution >= 4 is 21.6 Å². The third-order valence-electron chi connectivity index (χ3n) is 2.90. The number of sulfone groups is 1. The number of rotatable bonds is 5. The minimum atomic E-state index is -3.60. The first-order chi connectivity index (χ1) is 8.86. The molecule has 1 aliphatic rings. The second-order valence-electron chi connectivity index (χ2n) is 4.49.